The summed E-state index contributed by atoms with van der Waals surface area (Å²) >= 11 is 0. The van der Waals surface area contributed by atoms with Gasteiger partial charge in [-0.15, -0.1) is 0 Å². The Bertz CT molecular complexity index is 476. The van der Waals surface area contributed by atoms with E-state index in [0.717, 1.165) is 12.1 Å². The van der Waals surface area contributed by atoms with Crippen LogP contribution in [-0.2, 0) is 17.5 Å². The lowest BCUT2D eigenvalue weighted by Gasteiger charge is -2.20. The van der Waals surface area contributed by atoms with Gasteiger partial charge in [0.1, 0.15) is 5.60 Å². The van der Waals surface area contributed by atoms with Crippen molar-refractivity contribution in [2.75, 3.05) is 0 Å². The number of halogens is 3. The Morgan fingerprint density at radius 1 is 1.21 bits per heavy atom. The quantitative estimate of drug-likeness (QED) is 0.844. The largest absolute Gasteiger partial charge is 0.456 e. The van der Waals surface area contributed by atoms with E-state index in [-0.39, 0.29) is 17.7 Å². The van der Waals surface area contributed by atoms with Gasteiger partial charge in [0.25, 0.3) is 0 Å². The molecule has 0 heterocycles. The average molecular weight is 275 g/mol. The molecule has 0 aromatic heterocycles. The first kappa shape index (κ1) is 15.5. The van der Waals surface area contributed by atoms with Crippen LogP contribution in [-0.4, -0.2) is 11.6 Å². The number of hydrogen-bond donors (Lipinski definition) is 1. The highest BCUT2D eigenvalue weighted by atomic mass is 19.4. The summed E-state index contributed by atoms with van der Waals surface area (Å²) in [6, 6.07) is 3.00. The summed E-state index contributed by atoms with van der Waals surface area (Å²) in [6.07, 6.45) is -4.53. The van der Waals surface area contributed by atoms with Crippen LogP contribution in [0.3, 0.4) is 0 Å². The third-order valence-electron chi connectivity index (χ3n) is 2.19. The van der Waals surface area contributed by atoms with Gasteiger partial charge in [-0.3, -0.25) is 0 Å². The molecule has 0 aliphatic rings. The lowest BCUT2D eigenvalue weighted by molar-refractivity contribution is -0.137. The smallest absolute Gasteiger partial charge is 0.416 e. The first-order valence-corrected chi connectivity index (χ1v) is 5.67. The van der Waals surface area contributed by atoms with E-state index in [0.29, 0.717) is 0 Å². The van der Waals surface area contributed by atoms with Crippen molar-refractivity contribution in [3.8, 4) is 0 Å². The Hall–Kier alpha value is -1.56. The van der Waals surface area contributed by atoms with Crippen LogP contribution >= 0.6 is 0 Å². The minimum atomic E-state index is -4.53. The molecule has 0 atom stereocenters. The zero-order valence-electron chi connectivity index (χ0n) is 11.0. The van der Waals surface area contributed by atoms with Crippen LogP contribution in [0.25, 0.3) is 0 Å². The minimum Gasteiger partial charge on any atom is -0.456 e. The van der Waals surface area contributed by atoms with Crippen molar-refractivity contribution < 1.29 is 22.7 Å². The van der Waals surface area contributed by atoms with Gasteiger partial charge in [0, 0.05) is 6.54 Å². The molecule has 0 radical (unpaired) electrons. The number of alkyl halides is 3. The summed E-state index contributed by atoms with van der Waals surface area (Å²) in [5.41, 5.74) is 3.75. The number of benzene rings is 1. The topological polar surface area (TPSA) is 52.3 Å². The van der Waals surface area contributed by atoms with Gasteiger partial charge in [0.05, 0.1) is 11.1 Å². The molecule has 3 nitrogen and oxygen atoms in total. The first-order chi connectivity index (χ1) is 8.53. The van der Waals surface area contributed by atoms with Crippen molar-refractivity contribution in [1.82, 2.24) is 0 Å². The molecule has 0 bridgehead atoms. The molecule has 0 aliphatic heterocycles. The van der Waals surface area contributed by atoms with Gasteiger partial charge in [0.2, 0.25) is 0 Å². The fourth-order valence-electron chi connectivity index (χ4n) is 1.43. The minimum absolute atomic E-state index is 0.0836. The molecule has 0 saturated carbocycles. The van der Waals surface area contributed by atoms with Crippen LogP contribution in [0.1, 0.15) is 42.3 Å². The molecule has 0 amide bonds. The van der Waals surface area contributed by atoms with Crippen LogP contribution in [0, 0.1) is 0 Å². The summed E-state index contributed by atoms with van der Waals surface area (Å²) in [5.74, 6) is -0.798. The number of hydrogen-bond acceptors (Lipinski definition) is 3. The summed E-state index contributed by atoms with van der Waals surface area (Å²) in [7, 11) is 0. The van der Waals surface area contributed by atoms with Gasteiger partial charge < -0.3 is 10.5 Å². The Labute approximate surface area is 109 Å². The highest BCUT2D eigenvalue weighted by Crippen LogP contribution is 2.31. The maximum absolute atomic E-state index is 12.7. The molecule has 106 valence electrons. The molecule has 0 spiro atoms. The lowest BCUT2D eigenvalue weighted by Crippen LogP contribution is -2.24. The van der Waals surface area contributed by atoms with E-state index >= 15 is 0 Å². The number of rotatable bonds is 2. The summed E-state index contributed by atoms with van der Waals surface area (Å²) in [4.78, 5) is 11.8. The van der Waals surface area contributed by atoms with E-state index in [1.54, 1.807) is 20.8 Å². The predicted molar refractivity (Wildman–Crippen MR) is 64.5 cm³/mol. The normalized spacial score (nSPS) is 12.4. The number of esters is 1. The summed E-state index contributed by atoms with van der Waals surface area (Å²) in [6.45, 7) is 4.84. The van der Waals surface area contributed by atoms with E-state index < -0.39 is 23.3 Å². The second-order valence-corrected chi connectivity index (χ2v) is 5.12. The highest BCUT2D eigenvalue weighted by Gasteiger charge is 2.32. The fourth-order valence-corrected chi connectivity index (χ4v) is 1.43. The van der Waals surface area contributed by atoms with Gasteiger partial charge in [0.15, 0.2) is 0 Å². The van der Waals surface area contributed by atoms with Crippen LogP contribution in [0.4, 0.5) is 13.2 Å². The SMILES string of the molecule is CC(C)(C)OC(=O)c1cc(CN)cc(C(F)(F)F)c1. The molecular formula is C13H16F3NO2. The molecule has 0 fully saturated rings. The zero-order chi connectivity index (χ0) is 14.8. The molecule has 0 unspecified atom stereocenters. The number of carbonyl (C=O) groups excluding carboxylic acids is 1. The average Bonchev–Trinajstić information content (AvgIpc) is 2.25. The molecular weight excluding hydrogens is 259 g/mol. The fraction of sp³-hybridized carbons (Fsp3) is 0.462. The van der Waals surface area contributed by atoms with E-state index in [1.165, 1.54) is 6.07 Å². The van der Waals surface area contributed by atoms with Crippen molar-refractivity contribution in [3.05, 3.63) is 34.9 Å². The Morgan fingerprint density at radius 2 is 1.79 bits per heavy atom. The van der Waals surface area contributed by atoms with Gasteiger partial charge in [-0.1, -0.05) is 0 Å². The number of carbonyl (C=O) groups is 1. The van der Waals surface area contributed by atoms with E-state index in [4.69, 9.17) is 10.5 Å². The summed E-state index contributed by atoms with van der Waals surface area (Å²) < 4.78 is 43.1. The van der Waals surface area contributed by atoms with Crippen molar-refractivity contribution in [3.63, 3.8) is 0 Å². The Balaban J connectivity index is 3.18. The van der Waals surface area contributed by atoms with Crippen LogP contribution in [0.2, 0.25) is 0 Å². The molecule has 0 saturated heterocycles. The number of ether oxygens (including phenoxy) is 1. The van der Waals surface area contributed by atoms with E-state index in [2.05, 4.69) is 0 Å². The highest BCUT2D eigenvalue weighted by molar-refractivity contribution is 5.90. The molecule has 2 N–H and O–H groups in total. The molecule has 0 aliphatic carbocycles. The maximum atomic E-state index is 12.7. The zero-order valence-corrected chi connectivity index (χ0v) is 11.0. The Kier molecular flexibility index (Phi) is 4.25. The maximum Gasteiger partial charge on any atom is 0.416 e. The molecule has 6 heteroatoms. The molecule has 1 rings (SSSR count). The predicted octanol–water partition coefficient (Wildman–Crippen LogP) is 3.12. The van der Waals surface area contributed by atoms with Crippen LogP contribution in [0.5, 0.6) is 0 Å². The first-order valence-electron chi connectivity index (χ1n) is 5.67. The monoisotopic (exact) mass is 275 g/mol. The van der Waals surface area contributed by atoms with E-state index in [1.807, 2.05) is 0 Å². The van der Waals surface area contributed by atoms with Gasteiger partial charge in [-0.25, -0.2) is 4.79 Å². The van der Waals surface area contributed by atoms with Gasteiger partial charge in [-0.2, -0.15) is 13.2 Å². The summed E-state index contributed by atoms with van der Waals surface area (Å²) in [5, 5.41) is 0. The number of nitrogens with two attached hydrogens (primary N) is 1. The van der Waals surface area contributed by atoms with Crippen LogP contribution < -0.4 is 5.73 Å². The van der Waals surface area contributed by atoms with Crippen molar-refractivity contribution >= 4 is 5.97 Å². The van der Waals surface area contributed by atoms with Crippen LogP contribution in [0.15, 0.2) is 18.2 Å². The van der Waals surface area contributed by atoms with Crippen molar-refractivity contribution in [1.29, 1.82) is 0 Å². The van der Waals surface area contributed by atoms with E-state index in [9.17, 15) is 18.0 Å². The van der Waals surface area contributed by atoms with Gasteiger partial charge >= 0.3 is 12.1 Å². The lowest BCUT2D eigenvalue weighted by atomic mass is 10.0. The second kappa shape index (κ2) is 5.21. The Morgan fingerprint density at radius 3 is 2.21 bits per heavy atom. The van der Waals surface area contributed by atoms with Gasteiger partial charge in [-0.05, 0) is 44.5 Å². The molecule has 1 aromatic rings. The third kappa shape index (κ3) is 4.55. The molecule has 1 aromatic carbocycles. The molecule has 19 heavy (non-hydrogen) atoms. The standard InChI is InChI=1S/C13H16F3NO2/c1-12(2,3)19-11(18)9-4-8(7-17)5-10(6-9)13(14,15)16/h4-6H,7,17H2,1-3H3. The van der Waals surface area contributed by atoms with Crippen molar-refractivity contribution in [2.24, 2.45) is 5.73 Å². The third-order valence-corrected chi connectivity index (χ3v) is 2.19. The second-order valence-electron chi connectivity index (χ2n) is 5.12. The van der Waals surface area contributed by atoms with Crippen molar-refractivity contribution in [2.45, 2.75) is 39.1 Å².